The fraction of sp³-hybridized carbons (Fsp3) is 0.348. The quantitative estimate of drug-likeness (QED) is 0.673. The molecule has 1 saturated heterocycles. The molecule has 1 aliphatic rings. The van der Waals surface area contributed by atoms with Gasteiger partial charge in [-0.3, -0.25) is 0 Å². The Morgan fingerprint density at radius 1 is 1.17 bits per heavy atom. The molecule has 1 aromatic heterocycles. The van der Waals surface area contributed by atoms with E-state index in [1.54, 1.807) is 6.33 Å². The second kappa shape index (κ2) is 8.67. The van der Waals surface area contributed by atoms with Crippen molar-refractivity contribution >= 4 is 28.4 Å². The molecule has 2 heterocycles. The van der Waals surface area contributed by atoms with Crippen molar-refractivity contribution in [3.63, 3.8) is 0 Å². The van der Waals surface area contributed by atoms with Gasteiger partial charge in [0.1, 0.15) is 12.1 Å². The van der Waals surface area contributed by atoms with Crippen LogP contribution in [-0.2, 0) is 0 Å². The van der Waals surface area contributed by atoms with Gasteiger partial charge in [0.25, 0.3) is 0 Å². The Morgan fingerprint density at radius 2 is 1.97 bits per heavy atom. The average Bonchev–Trinajstić information content (AvgIpc) is 3.26. The number of nitrogens with zero attached hydrogens (tertiary/aromatic N) is 4. The number of likely N-dealkylation sites (tertiary alicyclic amines) is 1. The third-order valence-corrected chi connectivity index (χ3v) is 5.72. The highest BCUT2D eigenvalue weighted by atomic mass is 16.2. The van der Waals surface area contributed by atoms with Gasteiger partial charge in [-0.25, -0.2) is 14.8 Å². The highest BCUT2D eigenvalue weighted by Crippen LogP contribution is 2.27. The van der Waals surface area contributed by atoms with E-state index in [0.717, 1.165) is 41.9 Å². The number of likely N-dealkylation sites (N-methyl/N-ethyl adjacent to an activating group) is 1. The lowest BCUT2D eigenvalue weighted by molar-refractivity contribution is 0.216. The first kappa shape index (κ1) is 20.1. The van der Waals surface area contributed by atoms with Crippen LogP contribution in [0.15, 0.2) is 54.9 Å². The molecule has 7 nitrogen and oxygen atoms in total. The zero-order chi connectivity index (χ0) is 21.1. The zero-order valence-electron chi connectivity index (χ0n) is 17.7. The van der Waals surface area contributed by atoms with Gasteiger partial charge in [-0.05, 0) is 51.2 Å². The van der Waals surface area contributed by atoms with Gasteiger partial charge in [-0.2, -0.15) is 0 Å². The van der Waals surface area contributed by atoms with E-state index in [-0.39, 0.29) is 12.1 Å². The van der Waals surface area contributed by atoms with Crippen LogP contribution in [0.4, 0.5) is 16.3 Å². The topological polar surface area (TPSA) is 73.4 Å². The summed E-state index contributed by atoms with van der Waals surface area (Å²) in [6, 6.07) is 16.4. The van der Waals surface area contributed by atoms with Crippen LogP contribution < -0.4 is 10.6 Å². The molecule has 30 heavy (non-hydrogen) atoms. The van der Waals surface area contributed by atoms with Crippen molar-refractivity contribution in [1.29, 1.82) is 0 Å². The Hall–Kier alpha value is -3.19. The van der Waals surface area contributed by atoms with Crippen molar-refractivity contribution in [2.45, 2.75) is 25.4 Å². The van der Waals surface area contributed by atoms with Crippen LogP contribution in [0.1, 0.15) is 24.9 Å². The highest BCUT2D eigenvalue weighted by molar-refractivity contribution is 5.96. The number of rotatable bonds is 5. The second-order valence-corrected chi connectivity index (χ2v) is 8.01. The molecule has 1 fully saturated rings. The van der Waals surface area contributed by atoms with Crippen LogP contribution in [0.25, 0.3) is 10.9 Å². The van der Waals surface area contributed by atoms with E-state index < -0.39 is 0 Å². The minimum absolute atomic E-state index is 0.0669. The summed E-state index contributed by atoms with van der Waals surface area (Å²) >= 11 is 0. The van der Waals surface area contributed by atoms with E-state index in [0.29, 0.717) is 6.04 Å². The number of hydrogen-bond acceptors (Lipinski definition) is 5. The molecule has 2 atom stereocenters. The molecule has 2 N–H and O–H groups in total. The largest absolute Gasteiger partial charge is 0.363 e. The van der Waals surface area contributed by atoms with Crippen molar-refractivity contribution in [3.05, 3.63) is 60.4 Å². The van der Waals surface area contributed by atoms with Crippen molar-refractivity contribution in [3.8, 4) is 0 Å². The number of hydrogen-bond donors (Lipinski definition) is 2. The van der Waals surface area contributed by atoms with Gasteiger partial charge in [-0.1, -0.05) is 30.3 Å². The Labute approximate surface area is 177 Å². The standard InChI is InChI=1S/C23H28N6O/c1-16(17-7-5-4-6-8-17)26-22-20-13-18(9-10-21(20)24-15-25-22)27-23(30)29-12-11-19(14-29)28(2)3/h4-10,13,15-16,19H,11-12,14H2,1-3H3,(H,27,30)(H,24,25,26). The van der Waals surface area contributed by atoms with E-state index in [2.05, 4.69) is 58.7 Å². The predicted molar refractivity (Wildman–Crippen MR) is 121 cm³/mol. The lowest BCUT2D eigenvalue weighted by Crippen LogP contribution is -2.36. The summed E-state index contributed by atoms with van der Waals surface area (Å²) in [4.78, 5) is 25.6. The van der Waals surface area contributed by atoms with Gasteiger partial charge in [0.05, 0.1) is 5.52 Å². The Morgan fingerprint density at radius 3 is 2.70 bits per heavy atom. The third kappa shape index (κ3) is 4.36. The number of amides is 2. The number of anilines is 2. The molecule has 1 aliphatic heterocycles. The lowest BCUT2D eigenvalue weighted by atomic mass is 10.1. The maximum absolute atomic E-state index is 12.7. The van der Waals surface area contributed by atoms with Crippen LogP contribution in [0.2, 0.25) is 0 Å². The molecule has 0 spiro atoms. The molecular formula is C23H28N6O. The minimum atomic E-state index is -0.0669. The number of urea groups is 1. The molecular weight excluding hydrogens is 376 g/mol. The van der Waals surface area contributed by atoms with Gasteiger partial charge in [-0.15, -0.1) is 0 Å². The fourth-order valence-corrected chi connectivity index (χ4v) is 3.83. The molecule has 0 bridgehead atoms. The van der Waals surface area contributed by atoms with Gasteiger partial charge < -0.3 is 20.4 Å². The molecule has 2 amide bonds. The normalized spacial score (nSPS) is 17.3. The van der Waals surface area contributed by atoms with Gasteiger partial charge in [0.2, 0.25) is 0 Å². The number of nitrogens with one attached hydrogen (secondary N) is 2. The third-order valence-electron chi connectivity index (χ3n) is 5.72. The van der Waals surface area contributed by atoms with Gasteiger partial charge in [0.15, 0.2) is 0 Å². The Bertz CT molecular complexity index is 1020. The van der Waals surface area contributed by atoms with Gasteiger partial charge >= 0.3 is 6.03 Å². The van der Waals surface area contributed by atoms with E-state index in [1.807, 2.05) is 41.3 Å². The SMILES string of the molecule is CC(Nc1ncnc2ccc(NC(=O)N3CCC(N(C)C)C3)cc12)c1ccccc1. The maximum atomic E-state index is 12.7. The van der Waals surface area contributed by atoms with E-state index >= 15 is 0 Å². The minimum Gasteiger partial charge on any atom is -0.363 e. The summed E-state index contributed by atoms with van der Waals surface area (Å²) in [5.41, 5.74) is 2.75. The molecule has 4 rings (SSSR count). The predicted octanol–water partition coefficient (Wildman–Crippen LogP) is 3.97. The van der Waals surface area contributed by atoms with Crippen LogP contribution >= 0.6 is 0 Å². The number of aromatic nitrogens is 2. The number of carbonyl (C=O) groups excluding carboxylic acids is 1. The fourth-order valence-electron chi connectivity index (χ4n) is 3.83. The summed E-state index contributed by atoms with van der Waals surface area (Å²) in [5.74, 6) is 0.751. The Balaban J connectivity index is 1.52. The number of fused-ring (bicyclic) bond motifs is 1. The van der Waals surface area contributed by atoms with Crippen molar-refractivity contribution < 1.29 is 4.79 Å². The van der Waals surface area contributed by atoms with E-state index in [9.17, 15) is 4.79 Å². The molecule has 2 aromatic carbocycles. The first-order valence-corrected chi connectivity index (χ1v) is 10.3. The molecule has 156 valence electrons. The average molecular weight is 405 g/mol. The molecule has 0 saturated carbocycles. The summed E-state index contributed by atoms with van der Waals surface area (Å²) in [6.07, 6.45) is 2.56. The molecule has 0 aliphatic carbocycles. The smallest absolute Gasteiger partial charge is 0.321 e. The molecule has 0 radical (unpaired) electrons. The first-order valence-electron chi connectivity index (χ1n) is 10.3. The highest BCUT2D eigenvalue weighted by Gasteiger charge is 2.27. The monoisotopic (exact) mass is 404 g/mol. The summed E-state index contributed by atoms with van der Waals surface area (Å²) in [6.45, 7) is 3.62. The second-order valence-electron chi connectivity index (χ2n) is 8.01. The van der Waals surface area contributed by atoms with Crippen LogP contribution in [0.5, 0.6) is 0 Å². The van der Waals surface area contributed by atoms with Crippen molar-refractivity contribution in [1.82, 2.24) is 19.8 Å². The summed E-state index contributed by atoms with van der Waals surface area (Å²) < 4.78 is 0. The maximum Gasteiger partial charge on any atom is 0.321 e. The van der Waals surface area contributed by atoms with Crippen LogP contribution in [-0.4, -0.2) is 59.0 Å². The summed E-state index contributed by atoms with van der Waals surface area (Å²) in [5, 5.41) is 7.39. The lowest BCUT2D eigenvalue weighted by Gasteiger charge is -2.21. The Kier molecular flexibility index (Phi) is 5.81. The van der Waals surface area contributed by atoms with Crippen LogP contribution in [0.3, 0.4) is 0 Å². The van der Waals surface area contributed by atoms with E-state index in [1.165, 1.54) is 5.56 Å². The summed E-state index contributed by atoms with van der Waals surface area (Å²) in [7, 11) is 4.11. The molecule has 3 aromatic rings. The molecule has 2 unspecified atom stereocenters. The van der Waals surface area contributed by atoms with Gasteiger partial charge in [0, 0.05) is 36.2 Å². The van der Waals surface area contributed by atoms with Crippen LogP contribution in [0, 0.1) is 0 Å². The first-order chi connectivity index (χ1) is 14.5. The van der Waals surface area contributed by atoms with Crippen molar-refractivity contribution in [2.75, 3.05) is 37.8 Å². The number of benzene rings is 2. The zero-order valence-corrected chi connectivity index (χ0v) is 17.7. The molecule has 7 heteroatoms. The number of carbonyl (C=O) groups is 1. The van der Waals surface area contributed by atoms with E-state index in [4.69, 9.17) is 0 Å². The van der Waals surface area contributed by atoms with Crippen molar-refractivity contribution in [2.24, 2.45) is 0 Å².